The number of anilines is 1. The third-order valence-electron chi connectivity index (χ3n) is 4.26. The molecule has 2 heterocycles. The van der Waals surface area contributed by atoms with E-state index in [2.05, 4.69) is 4.90 Å². The molecule has 1 saturated heterocycles. The van der Waals surface area contributed by atoms with Gasteiger partial charge in [-0.25, -0.2) is 4.98 Å². The lowest BCUT2D eigenvalue weighted by Crippen LogP contribution is -2.36. The fraction of sp³-hybridized carbons (Fsp3) is 0.200. The molecule has 1 fully saturated rings. The summed E-state index contributed by atoms with van der Waals surface area (Å²) in [6.45, 7) is 2.94. The van der Waals surface area contributed by atoms with Crippen molar-refractivity contribution < 1.29 is 9.53 Å². The van der Waals surface area contributed by atoms with Gasteiger partial charge in [-0.15, -0.1) is 0 Å². The Morgan fingerprint density at radius 1 is 1.04 bits per heavy atom. The molecule has 132 valence electrons. The quantitative estimate of drug-likeness (QED) is 0.620. The Kier molecular flexibility index (Phi) is 5.02. The van der Waals surface area contributed by atoms with E-state index in [1.165, 1.54) is 11.3 Å². The number of thiazole rings is 1. The van der Waals surface area contributed by atoms with E-state index < -0.39 is 0 Å². The first kappa shape index (κ1) is 17.2. The molecular formula is C20H17ClN2O2S. The maximum Gasteiger partial charge on any atom is 0.205 e. The summed E-state index contributed by atoms with van der Waals surface area (Å²) in [6.07, 6.45) is 0. The van der Waals surface area contributed by atoms with Crippen molar-refractivity contribution in [2.24, 2.45) is 0 Å². The number of carbonyl (C=O) groups is 1. The number of benzene rings is 2. The molecule has 0 radical (unpaired) electrons. The number of halogens is 1. The number of rotatable bonds is 4. The van der Waals surface area contributed by atoms with Gasteiger partial charge in [0.2, 0.25) is 5.78 Å². The smallest absolute Gasteiger partial charge is 0.205 e. The predicted octanol–water partition coefficient (Wildman–Crippen LogP) is 4.53. The van der Waals surface area contributed by atoms with E-state index in [4.69, 9.17) is 21.3 Å². The summed E-state index contributed by atoms with van der Waals surface area (Å²) >= 11 is 7.40. The van der Waals surface area contributed by atoms with E-state index in [0.717, 1.165) is 29.5 Å². The fourth-order valence-corrected chi connectivity index (χ4v) is 4.10. The number of hydrogen-bond acceptors (Lipinski definition) is 5. The van der Waals surface area contributed by atoms with Crippen molar-refractivity contribution in [3.05, 3.63) is 70.1 Å². The zero-order valence-electron chi connectivity index (χ0n) is 14.0. The summed E-state index contributed by atoms with van der Waals surface area (Å²) in [5.41, 5.74) is 2.29. The van der Waals surface area contributed by atoms with Gasteiger partial charge in [0.05, 0.1) is 18.9 Å². The lowest BCUT2D eigenvalue weighted by molar-refractivity contribution is 0.104. The molecule has 0 amide bonds. The second-order valence-corrected chi connectivity index (χ2v) is 7.39. The van der Waals surface area contributed by atoms with Gasteiger partial charge in [-0.2, -0.15) is 0 Å². The highest BCUT2D eigenvalue weighted by molar-refractivity contribution is 7.18. The van der Waals surface area contributed by atoms with Gasteiger partial charge in [-0.05, 0) is 24.3 Å². The Morgan fingerprint density at radius 3 is 2.42 bits per heavy atom. The third kappa shape index (κ3) is 3.51. The van der Waals surface area contributed by atoms with Crippen molar-refractivity contribution in [1.29, 1.82) is 0 Å². The lowest BCUT2D eigenvalue weighted by atomic mass is 10.1. The molecule has 4 nitrogen and oxygen atoms in total. The molecule has 0 N–H and O–H groups in total. The first-order valence-corrected chi connectivity index (χ1v) is 9.61. The molecule has 0 aliphatic carbocycles. The van der Waals surface area contributed by atoms with Gasteiger partial charge in [0.25, 0.3) is 0 Å². The molecule has 0 bridgehead atoms. The molecule has 2 aromatic carbocycles. The minimum absolute atomic E-state index is 0.0301. The number of ketones is 1. The van der Waals surface area contributed by atoms with Gasteiger partial charge in [-0.3, -0.25) is 4.79 Å². The highest BCUT2D eigenvalue weighted by Gasteiger charge is 2.24. The molecule has 0 unspecified atom stereocenters. The van der Waals surface area contributed by atoms with Crippen LogP contribution >= 0.6 is 22.9 Å². The molecular weight excluding hydrogens is 368 g/mol. The Morgan fingerprint density at radius 2 is 1.73 bits per heavy atom. The van der Waals surface area contributed by atoms with Crippen LogP contribution in [0.1, 0.15) is 15.2 Å². The fourth-order valence-electron chi connectivity index (χ4n) is 2.88. The molecule has 0 atom stereocenters. The van der Waals surface area contributed by atoms with Crippen molar-refractivity contribution in [3.63, 3.8) is 0 Å². The first-order valence-electron chi connectivity index (χ1n) is 8.41. The van der Waals surface area contributed by atoms with E-state index in [1.54, 1.807) is 24.3 Å². The summed E-state index contributed by atoms with van der Waals surface area (Å²) in [7, 11) is 0. The Labute approximate surface area is 161 Å². The SMILES string of the molecule is O=C(c1ccc(Cl)cc1)c1sc(N2CCOCC2)nc1-c1ccccc1. The van der Waals surface area contributed by atoms with E-state index in [1.807, 2.05) is 30.3 Å². The first-order chi connectivity index (χ1) is 12.7. The summed E-state index contributed by atoms with van der Waals surface area (Å²) < 4.78 is 5.43. The van der Waals surface area contributed by atoms with Crippen LogP contribution in [0.25, 0.3) is 11.3 Å². The molecule has 4 rings (SSSR count). The van der Waals surface area contributed by atoms with Gasteiger partial charge < -0.3 is 9.64 Å². The highest BCUT2D eigenvalue weighted by atomic mass is 35.5. The molecule has 0 saturated carbocycles. The Hall–Kier alpha value is -2.21. The minimum atomic E-state index is -0.0301. The monoisotopic (exact) mass is 384 g/mol. The van der Waals surface area contributed by atoms with Crippen LogP contribution in [0.15, 0.2) is 54.6 Å². The van der Waals surface area contributed by atoms with Crippen LogP contribution in [0.2, 0.25) is 5.02 Å². The van der Waals surface area contributed by atoms with Crippen LogP contribution in [-0.2, 0) is 4.74 Å². The van der Waals surface area contributed by atoms with Gasteiger partial charge in [-0.1, -0.05) is 53.3 Å². The van der Waals surface area contributed by atoms with Crippen LogP contribution in [0, 0.1) is 0 Å². The second kappa shape index (κ2) is 7.58. The maximum absolute atomic E-state index is 13.1. The zero-order valence-corrected chi connectivity index (χ0v) is 15.6. The van der Waals surface area contributed by atoms with Gasteiger partial charge in [0.1, 0.15) is 4.88 Å². The normalized spacial score (nSPS) is 14.4. The summed E-state index contributed by atoms with van der Waals surface area (Å²) in [4.78, 5) is 20.8. The maximum atomic E-state index is 13.1. The number of ether oxygens (including phenoxy) is 1. The van der Waals surface area contributed by atoms with E-state index in [0.29, 0.717) is 28.7 Å². The summed E-state index contributed by atoms with van der Waals surface area (Å²) in [6, 6.07) is 16.8. The molecule has 3 aromatic rings. The number of morpholine rings is 1. The average Bonchev–Trinajstić information content (AvgIpc) is 3.15. The van der Waals surface area contributed by atoms with E-state index in [9.17, 15) is 4.79 Å². The largest absolute Gasteiger partial charge is 0.378 e. The van der Waals surface area contributed by atoms with Crippen molar-refractivity contribution in [2.45, 2.75) is 0 Å². The van der Waals surface area contributed by atoms with Gasteiger partial charge >= 0.3 is 0 Å². The molecule has 26 heavy (non-hydrogen) atoms. The van der Waals surface area contributed by atoms with Gasteiger partial charge in [0.15, 0.2) is 5.13 Å². The van der Waals surface area contributed by atoms with Crippen LogP contribution in [-0.4, -0.2) is 37.1 Å². The van der Waals surface area contributed by atoms with Crippen LogP contribution in [0.4, 0.5) is 5.13 Å². The van der Waals surface area contributed by atoms with Crippen molar-refractivity contribution >= 4 is 33.9 Å². The van der Waals surface area contributed by atoms with Crippen LogP contribution in [0.3, 0.4) is 0 Å². The molecule has 6 heteroatoms. The molecule has 1 aliphatic heterocycles. The minimum Gasteiger partial charge on any atom is -0.378 e. The van der Waals surface area contributed by atoms with Gasteiger partial charge in [0, 0.05) is 29.2 Å². The number of carbonyl (C=O) groups excluding carboxylic acids is 1. The zero-order chi connectivity index (χ0) is 17.9. The van der Waals surface area contributed by atoms with Crippen molar-refractivity contribution in [1.82, 2.24) is 4.98 Å². The standard InChI is InChI=1S/C20H17ClN2O2S/c21-16-8-6-15(7-9-16)18(24)19-17(14-4-2-1-3-5-14)22-20(26-19)23-10-12-25-13-11-23/h1-9H,10-13H2. The van der Waals surface area contributed by atoms with Crippen LogP contribution < -0.4 is 4.90 Å². The number of hydrogen-bond donors (Lipinski definition) is 0. The number of nitrogens with zero attached hydrogens (tertiary/aromatic N) is 2. The molecule has 1 aliphatic rings. The summed E-state index contributed by atoms with van der Waals surface area (Å²) in [5, 5.41) is 1.48. The number of aromatic nitrogens is 1. The predicted molar refractivity (Wildman–Crippen MR) is 105 cm³/mol. The van der Waals surface area contributed by atoms with Crippen molar-refractivity contribution in [3.8, 4) is 11.3 Å². The third-order valence-corrected chi connectivity index (χ3v) is 5.62. The van der Waals surface area contributed by atoms with Crippen LogP contribution in [0.5, 0.6) is 0 Å². The highest BCUT2D eigenvalue weighted by Crippen LogP contribution is 2.35. The average molecular weight is 385 g/mol. The van der Waals surface area contributed by atoms with Crippen molar-refractivity contribution in [2.75, 3.05) is 31.2 Å². The second-order valence-electron chi connectivity index (χ2n) is 5.98. The molecule has 1 aromatic heterocycles. The Bertz CT molecular complexity index is 903. The van der Waals surface area contributed by atoms with E-state index in [-0.39, 0.29) is 5.78 Å². The summed E-state index contributed by atoms with van der Waals surface area (Å²) in [5.74, 6) is -0.0301. The topological polar surface area (TPSA) is 42.4 Å². The molecule has 0 spiro atoms. The lowest BCUT2D eigenvalue weighted by Gasteiger charge is -2.26. The Balaban J connectivity index is 1.77. The van der Waals surface area contributed by atoms with E-state index >= 15 is 0 Å².